The summed E-state index contributed by atoms with van der Waals surface area (Å²) in [6.45, 7) is 10.5. The molecule has 0 radical (unpaired) electrons. The van der Waals surface area contributed by atoms with Crippen LogP contribution in [0.5, 0.6) is 5.75 Å². The molecule has 0 aliphatic rings. The van der Waals surface area contributed by atoms with Gasteiger partial charge in [-0.3, -0.25) is 0 Å². The molecule has 1 heterocycles. The molecule has 112 valence electrons. The molecular formula is C15H23NO4. The van der Waals surface area contributed by atoms with Gasteiger partial charge in [-0.05, 0) is 46.8 Å². The lowest BCUT2D eigenvalue weighted by atomic mass is 10.1. The number of pyridine rings is 1. The zero-order valence-corrected chi connectivity index (χ0v) is 12.8. The molecule has 1 rings (SSSR count). The lowest BCUT2D eigenvalue weighted by Gasteiger charge is -2.28. The van der Waals surface area contributed by atoms with E-state index in [1.54, 1.807) is 6.07 Å². The Morgan fingerprint density at radius 2 is 1.90 bits per heavy atom. The van der Waals surface area contributed by atoms with E-state index in [1.165, 1.54) is 12.3 Å². The van der Waals surface area contributed by atoms with E-state index in [0.717, 1.165) is 6.42 Å². The molecule has 0 saturated carbocycles. The Labute approximate surface area is 119 Å². The molecular weight excluding hydrogens is 258 g/mol. The first kappa shape index (κ1) is 16.4. The smallest absolute Gasteiger partial charge is 0.354 e. The number of ether oxygens (including phenoxy) is 2. The number of hydrogen-bond donors (Lipinski definition) is 1. The van der Waals surface area contributed by atoms with Crippen molar-refractivity contribution in [2.24, 2.45) is 0 Å². The third-order valence-electron chi connectivity index (χ3n) is 2.59. The van der Waals surface area contributed by atoms with Crippen LogP contribution in [0.4, 0.5) is 0 Å². The molecule has 5 nitrogen and oxygen atoms in total. The summed E-state index contributed by atoms with van der Waals surface area (Å²) in [5.74, 6) is -0.495. The van der Waals surface area contributed by atoms with Crippen LogP contribution in [0.1, 0.15) is 51.5 Å². The molecule has 1 N–H and O–H groups in total. The fraction of sp³-hybridized carbons (Fsp3) is 0.600. The maximum Gasteiger partial charge on any atom is 0.354 e. The quantitative estimate of drug-likeness (QED) is 0.867. The lowest BCUT2D eigenvalue weighted by molar-refractivity contribution is -0.0293. The number of aromatic carboxylic acids is 1. The van der Waals surface area contributed by atoms with Gasteiger partial charge in [0.1, 0.15) is 17.0 Å². The number of carboxylic acids is 1. The summed E-state index contributed by atoms with van der Waals surface area (Å²) in [7, 11) is 0. The second kappa shape index (κ2) is 6.22. The number of hydrogen-bond acceptors (Lipinski definition) is 4. The number of rotatable bonds is 6. The van der Waals surface area contributed by atoms with Gasteiger partial charge in [0.2, 0.25) is 0 Å². The fourth-order valence-corrected chi connectivity index (χ4v) is 1.54. The van der Waals surface area contributed by atoms with Crippen LogP contribution in [0.3, 0.4) is 0 Å². The molecule has 1 aromatic heterocycles. The monoisotopic (exact) mass is 281 g/mol. The molecule has 1 aromatic rings. The summed E-state index contributed by atoms with van der Waals surface area (Å²) in [6, 6.07) is 3.04. The van der Waals surface area contributed by atoms with Gasteiger partial charge in [0.25, 0.3) is 0 Å². The molecule has 0 fully saturated rings. The summed E-state index contributed by atoms with van der Waals surface area (Å²) in [5.41, 5.74) is -0.565. The minimum Gasteiger partial charge on any atom is -0.486 e. The first-order valence-corrected chi connectivity index (χ1v) is 6.61. The lowest BCUT2D eigenvalue weighted by Crippen LogP contribution is -2.32. The van der Waals surface area contributed by atoms with Gasteiger partial charge in [-0.25, -0.2) is 9.78 Å². The van der Waals surface area contributed by atoms with Gasteiger partial charge in [-0.2, -0.15) is 0 Å². The van der Waals surface area contributed by atoms with E-state index in [1.807, 2.05) is 34.6 Å². The molecule has 0 bridgehead atoms. The van der Waals surface area contributed by atoms with Gasteiger partial charge in [-0.1, -0.05) is 0 Å². The zero-order chi connectivity index (χ0) is 15.4. The molecule has 20 heavy (non-hydrogen) atoms. The molecule has 0 atom stereocenters. The van der Waals surface area contributed by atoms with Crippen LogP contribution in [0, 0.1) is 0 Å². The highest BCUT2D eigenvalue weighted by atomic mass is 16.5. The standard InChI is InChI=1S/C15H23NO4/c1-14(2,3)19-9-8-15(4,5)20-11-6-7-12(13(17)18)16-10-11/h6-7,10H,8-9H2,1-5H3,(H,17,18). The van der Waals surface area contributed by atoms with Crippen molar-refractivity contribution in [1.29, 1.82) is 0 Å². The van der Waals surface area contributed by atoms with Gasteiger partial charge in [0.05, 0.1) is 18.4 Å². The minimum atomic E-state index is -1.05. The van der Waals surface area contributed by atoms with Gasteiger partial charge in [0.15, 0.2) is 0 Å². The number of carboxylic acid groups (broad SMARTS) is 1. The first-order valence-electron chi connectivity index (χ1n) is 6.61. The van der Waals surface area contributed by atoms with Crippen LogP contribution in [-0.4, -0.2) is 33.9 Å². The Hall–Kier alpha value is -1.62. The summed E-state index contributed by atoms with van der Waals surface area (Å²) in [5, 5.41) is 8.78. The molecule has 0 amide bonds. The molecule has 0 saturated heterocycles. The minimum absolute atomic E-state index is 0.00576. The van der Waals surface area contributed by atoms with Gasteiger partial charge < -0.3 is 14.6 Å². The van der Waals surface area contributed by atoms with Crippen LogP contribution in [-0.2, 0) is 4.74 Å². The van der Waals surface area contributed by atoms with Crippen molar-refractivity contribution in [2.45, 2.75) is 52.2 Å². The van der Waals surface area contributed by atoms with E-state index in [0.29, 0.717) is 12.4 Å². The predicted octanol–water partition coefficient (Wildman–Crippen LogP) is 3.14. The Balaban J connectivity index is 2.55. The highest BCUT2D eigenvalue weighted by molar-refractivity contribution is 5.85. The third-order valence-corrected chi connectivity index (χ3v) is 2.59. The maximum atomic E-state index is 10.7. The van der Waals surface area contributed by atoms with Crippen molar-refractivity contribution < 1.29 is 19.4 Å². The first-order chi connectivity index (χ1) is 9.09. The van der Waals surface area contributed by atoms with Crippen LogP contribution in [0.15, 0.2) is 18.3 Å². The number of carbonyl (C=O) groups is 1. The second-order valence-corrected chi connectivity index (χ2v) is 6.26. The number of nitrogens with zero attached hydrogens (tertiary/aromatic N) is 1. The maximum absolute atomic E-state index is 10.7. The molecule has 0 spiro atoms. The summed E-state index contributed by atoms with van der Waals surface area (Å²) in [6.07, 6.45) is 2.15. The van der Waals surface area contributed by atoms with Crippen LogP contribution in [0.2, 0.25) is 0 Å². The molecule has 0 aliphatic heterocycles. The van der Waals surface area contributed by atoms with Crippen molar-refractivity contribution in [1.82, 2.24) is 4.98 Å². The van der Waals surface area contributed by atoms with Gasteiger partial charge in [0, 0.05) is 6.42 Å². The van der Waals surface area contributed by atoms with Crippen molar-refractivity contribution in [3.05, 3.63) is 24.0 Å². The largest absolute Gasteiger partial charge is 0.486 e. The SMILES string of the molecule is CC(C)(C)OCCC(C)(C)Oc1ccc(C(=O)O)nc1. The average molecular weight is 281 g/mol. The topological polar surface area (TPSA) is 68.7 Å². The van der Waals surface area contributed by atoms with Crippen molar-refractivity contribution in [3.8, 4) is 5.75 Å². The Morgan fingerprint density at radius 1 is 1.25 bits per heavy atom. The summed E-state index contributed by atoms with van der Waals surface area (Å²) >= 11 is 0. The molecule has 0 aromatic carbocycles. The molecule has 5 heteroatoms. The van der Waals surface area contributed by atoms with Crippen molar-refractivity contribution in [2.75, 3.05) is 6.61 Å². The van der Waals surface area contributed by atoms with Crippen molar-refractivity contribution >= 4 is 5.97 Å². The Bertz CT molecular complexity index is 446. The van der Waals surface area contributed by atoms with Crippen LogP contribution >= 0.6 is 0 Å². The fourth-order valence-electron chi connectivity index (χ4n) is 1.54. The highest BCUT2D eigenvalue weighted by Crippen LogP contribution is 2.21. The van der Waals surface area contributed by atoms with Crippen LogP contribution in [0.25, 0.3) is 0 Å². The van der Waals surface area contributed by atoms with E-state index < -0.39 is 11.6 Å². The normalized spacial score (nSPS) is 12.2. The van der Waals surface area contributed by atoms with E-state index in [-0.39, 0.29) is 11.3 Å². The summed E-state index contributed by atoms with van der Waals surface area (Å²) in [4.78, 5) is 14.5. The second-order valence-electron chi connectivity index (χ2n) is 6.26. The van der Waals surface area contributed by atoms with Crippen LogP contribution < -0.4 is 4.74 Å². The Kier molecular flexibility index (Phi) is 5.11. The van der Waals surface area contributed by atoms with Crippen molar-refractivity contribution in [3.63, 3.8) is 0 Å². The highest BCUT2D eigenvalue weighted by Gasteiger charge is 2.21. The van der Waals surface area contributed by atoms with E-state index in [2.05, 4.69) is 4.98 Å². The third kappa shape index (κ3) is 6.02. The summed E-state index contributed by atoms with van der Waals surface area (Å²) < 4.78 is 11.5. The van der Waals surface area contributed by atoms with Gasteiger partial charge >= 0.3 is 5.97 Å². The zero-order valence-electron chi connectivity index (χ0n) is 12.8. The van der Waals surface area contributed by atoms with E-state index in [4.69, 9.17) is 14.6 Å². The average Bonchev–Trinajstić information content (AvgIpc) is 2.26. The molecule has 0 aliphatic carbocycles. The number of aromatic nitrogens is 1. The predicted molar refractivity (Wildman–Crippen MR) is 76.2 cm³/mol. The van der Waals surface area contributed by atoms with E-state index in [9.17, 15) is 4.79 Å². The van der Waals surface area contributed by atoms with E-state index >= 15 is 0 Å². The molecule has 0 unspecified atom stereocenters. The Morgan fingerprint density at radius 3 is 2.35 bits per heavy atom. The van der Waals surface area contributed by atoms with Gasteiger partial charge in [-0.15, -0.1) is 0 Å².